The third kappa shape index (κ3) is 4.81. The van der Waals surface area contributed by atoms with Gasteiger partial charge < -0.3 is 9.80 Å². The summed E-state index contributed by atoms with van der Waals surface area (Å²) in [6.07, 6.45) is -3.85. The molecule has 3 rings (SSSR count). The molecule has 9 heteroatoms. The van der Waals surface area contributed by atoms with Crippen LogP contribution in [0.3, 0.4) is 0 Å². The number of hydrogen-bond acceptors (Lipinski definition) is 4. The van der Waals surface area contributed by atoms with E-state index in [1.807, 2.05) is 11.8 Å². The van der Waals surface area contributed by atoms with Gasteiger partial charge in [0.05, 0.1) is 11.3 Å². The van der Waals surface area contributed by atoms with Crippen LogP contribution in [0.2, 0.25) is 0 Å². The first-order chi connectivity index (χ1) is 13.3. The molecule has 5 nitrogen and oxygen atoms in total. The van der Waals surface area contributed by atoms with Crippen LogP contribution in [-0.2, 0) is 15.8 Å². The van der Waals surface area contributed by atoms with Crippen molar-refractivity contribution in [1.82, 2.24) is 14.7 Å². The molecule has 0 spiro atoms. The summed E-state index contributed by atoms with van der Waals surface area (Å²) in [4.78, 5) is 29.9. The molecule has 0 aliphatic carbocycles. The number of nitrogens with zero attached hydrogens (tertiary/aromatic N) is 3. The second-order valence-electron chi connectivity index (χ2n) is 6.95. The molecule has 0 radical (unpaired) electrons. The largest absolute Gasteiger partial charge is 0.416 e. The van der Waals surface area contributed by atoms with Gasteiger partial charge in [-0.1, -0.05) is 19.1 Å². The molecule has 2 aliphatic heterocycles. The SMILES string of the molecule is CCC(=O)N1CCN(CCN2C(=O)CSC2c2ccc(C(F)(F)F)cc2)CC1. The average molecular weight is 415 g/mol. The number of piperazine rings is 1. The number of hydrogen-bond donors (Lipinski definition) is 0. The third-order valence-electron chi connectivity index (χ3n) is 5.18. The lowest BCUT2D eigenvalue weighted by Gasteiger charge is -2.36. The molecule has 0 saturated carbocycles. The van der Waals surface area contributed by atoms with Crippen molar-refractivity contribution < 1.29 is 22.8 Å². The number of thioether (sulfide) groups is 1. The van der Waals surface area contributed by atoms with E-state index in [1.165, 1.54) is 23.9 Å². The van der Waals surface area contributed by atoms with Crippen LogP contribution in [0, 0.1) is 0 Å². The summed E-state index contributed by atoms with van der Waals surface area (Å²) in [7, 11) is 0. The predicted octanol–water partition coefficient (Wildman–Crippen LogP) is 2.83. The van der Waals surface area contributed by atoms with Gasteiger partial charge in [-0.3, -0.25) is 14.5 Å². The van der Waals surface area contributed by atoms with Gasteiger partial charge in [0.1, 0.15) is 5.37 Å². The Balaban J connectivity index is 1.57. The molecule has 2 fully saturated rings. The maximum Gasteiger partial charge on any atom is 0.416 e. The van der Waals surface area contributed by atoms with E-state index >= 15 is 0 Å². The van der Waals surface area contributed by atoms with Crippen LogP contribution in [0.5, 0.6) is 0 Å². The predicted molar refractivity (Wildman–Crippen MR) is 102 cm³/mol. The highest BCUT2D eigenvalue weighted by molar-refractivity contribution is 8.00. The second-order valence-corrected chi connectivity index (χ2v) is 8.01. The molecule has 2 saturated heterocycles. The molecule has 1 aromatic carbocycles. The molecule has 2 aliphatic rings. The van der Waals surface area contributed by atoms with Crippen molar-refractivity contribution in [3.8, 4) is 0 Å². The van der Waals surface area contributed by atoms with Gasteiger partial charge in [0.25, 0.3) is 0 Å². The number of halogens is 3. The number of rotatable bonds is 5. The average Bonchev–Trinajstić information content (AvgIpc) is 3.06. The van der Waals surface area contributed by atoms with Gasteiger partial charge in [-0.05, 0) is 17.7 Å². The fraction of sp³-hybridized carbons (Fsp3) is 0.579. The summed E-state index contributed by atoms with van der Waals surface area (Å²) in [5.41, 5.74) is 0.0267. The Kier molecular flexibility index (Phi) is 6.54. The van der Waals surface area contributed by atoms with Gasteiger partial charge >= 0.3 is 6.18 Å². The fourth-order valence-corrected chi connectivity index (χ4v) is 4.72. The van der Waals surface area contributed by atoms with E-state index in [0.29, 0.717) is 43.9 Å². The third-order valence-corrected chi connectivity index (χ3v) is 6.43. The Morgan fingerprint density at radius 1 is 1.11 bits per heavy atom. The Morgan fingerprint density at radius 3 is 2.32 bits per heavy atom. The highest BCUT2D eigenvalue weighted by atomic mass is 32.2. The first-order valence-electron chi connectivity index (χ1n) is 9.38. The molecule has 2 heterocycles. The highest BCUT2D eigenvalue weighted by Crippen LogP contribution is 2.39. The molecule has 1 atom stereocenters. The normalized spacial score (nSPS) is 21.4. The van der Waals surface area contributed by atoms with E-state index in [0.717, 1.165) is 25.2 Å². The van der Waals surface area contributed by atoms with E-state index in [1.54, 1.807) is 4.90 Å². The summed E-state index contributed by atoms with van der Waals surface area (Å²) in [6, 6.07) is 5.06. The zero-order valence-corrected chi connectivity index (χ0v) is 16.6. The first kappa shape index (κ1) is 21.0. The van der Waals surface area contributed by atoms with Crippen molar-refractivity contribution in [2.45, 2.75) is 24.9 Å². The van der Waals surface area contributed by atoms with Crippen molar-refractivity contribution in [2.75, 3.05) is 45.0 Å². The van der Waals surface area contributed by atoms with Crippen molar-refractivity contribution in [1.29, 1.82) is 0 Å². The van der Waals surface area contributed by atoms with Crippen LogP contribution in [0.15, 0.2) is 24.3 Å². The van der Waals surface area contributed by atoms with Gasteiger partial charge in [-0.2, -0.15) is 13.2 Å². The van der Waals surface area contributed by atoms with Crippen molar-refractivity contribution in [2.24, 2.45) is 0 Å². The number of carbonyl (C=O) groups is 2. The minimum atomic E-state index is -4.36. The fourth-order valence-electron chi connectivity index (χ4n) is 3.50. The molecule has 1 aromatic rings. The Bertz CT molecular complexity index is 703. The molecule has 0 aromatic heterocycles. The van der Waals surface area contributed by atoms with Gasteiger partial charge in [-0.15, -0.1) is 11.8 Å². The van der Waals surface area contributed by atoms with E-state index in [-0.39, 0.29) is 17.2 Å². The van der Waals surface area contributed by atoms with E-state index < -0.39 is 11.7 Å². The van der Waals surface area contributed by atoms with Crippen LogP contribution in [-0.4, -0.2) is 71.5 Å². The van der Waals surface area contributed by atoms with E-state index in [4.69, 9.17) is 0 Å². The second kappa shape index (κ2) is 8.73. The van der Waals surface area contributed by atoms with Crippen molar-refractivity contribution in [3.05, 3.63) is 35.4 Å². The maximum atomic E-state index is 12.8. The molecule has 154 valence electrons. The lowest BCUT2D eigenvalue weighted by Crippen LogP contribution is -2.50. The van der Waals surface area contributed by atoms with Crippen molar-refractivity contribution >= 4 is 23.6 Å². The van der Waals surface area contributed by atoms with Gasteiger partial charge in [0.15, 0.2) is 0 Å². The van der Waals surface area contributed by atoms with Gasteiger partial charge in [0, 0.05) is 45.7 Å². The highest BCUT2D eigenvalue weighted by Gasteiger charge is 2.35. The summed E-state index contributed by atoms with van der Waals surface area (Å²) < 4.78 is 38.3. The molecule has 0 N–H and O–H groups in total. The van der Waals surface area contributed by atoms with E-state index in [2.05, 4.69) is 4.90 Å². The Hall–Kier alpha value is -1.74. The number of carbonyl (C=O) groups excluding carboxylic acids is 2. The van der Waals surface area contributed by atoms with Crippen LogP contribution in [0.4, 0.5) is 13.2 Å². The maximum absolute atomic E-state index is 12.8. The van der Waals surface area contributed by atoms with Crippen molar-refractivity contribution in [3.63, 3.8) is 0 Å². The summed E-state index contributed by atoms with van der Waals surface area (Å²) >= 11 is 1.44. The molecule has 1 unspecified atom stereocenters. The number of alkyl halides is 3. The zero-order chi connectivity index (χ0) is 20.3. The summed E-state index contributed by atoms with van der Waals surface area (Å²) in [5.74, 6) is 0.507. The van der Waals surface area contributed by atoms with E-state index in [9.17, 15) is 22.8 Å². The minimum Gasteiger partial charge on any atom is -0.340 e. The summed E-state index contributed by atoms with van der Waals surface area (Å²) in [6.45, 7) is 6.00. The standard InChI is InChI=1S/C19H24F3N3O2S/c1-2-16(26)24-10-7-23(8-11-24)9-12-25-17(27)13-28-18(25)14-3-5-15(6-4-14)19(20,21)22/h3-6,18H,2,7-13H2,1H3. The molecular formula is C19H24F3N3O2S. The minimum absolute atomic E-state index is 0.00898. The Labute approximate surface area is 166 Å². The quantitative estimate of drug-likeness (QED) is 0.742. The van der Waals surface area contributed by atoms with Crippen LogP contribution >= 0.6 is 11.8 Å². The smallest absolute Gasteiger partial charge is 0.340 e. The monoisotopic (exact) mass is 415 g/mol. The molecular weight excluding hydrogens is 391 g/mol. The lowest BCUT2D eigenvalue weighted by molar-refractivity contribution is -0.137. The summed E-state index contributed by atoms with van der Waals surface area (Å²) in [5, 5.41) is -0.252. The van der Waals surface area contributed by atoms with Crippen LogP contribution in [0.25, 0.3) is 0 Å². The van der Waals surface area contributed by atoms with Gasteiger partial charge in [0.2, 0.25) is 11.8 Å². The molecule has 28 heavy (non-hydrogen) atoms. The Morgan fingerprint density at radius 2 is 1.75 bits per heavy atom. The molecule has 0 bridgehead atoms. The topological polar surface area (TPSA) is 43.9 Å². The molecule has 2 amide bonds. The van der Waals surface area contributed by atoms with Crippen LogP contribution < -0.4 is 0 Å². The number of benzene rings is 1. The van der Waals surface area contributed by atoms with Crippen LogP contribution in [0.1, 0.15) is 29.8 Å². The first-order valence-corrected chi connectivity index (χ1v) is 10.4. The zero-order valence-electron chi connectivity index (χ0n) is 15.7. The lowest BCUT2D eigenvalue weighted by atomic mass is 10.1. The van der Waals surface area contributed by atoms with Gasteiger partial charge in [-0.25, -0.2) is 0 Å². The number of amides is 2.